The smallest absolute Gasteiger partial charge is 0.255 e. The Labute approximate surface area is 231 Å². The van der Waals surface area contributed by atoms with Gasteiger partial charge in [0.25, 0.3) is 5.91 Å². The molecule has 39 heavy (non-hydrogen) atoms. The van der Waals surface area contributed by atoms with Crippen molar-refractivity contribution in [1.29, 1.82) is 5.26 Å². The zero-order valence-electron chi connectivity index (χ0n) is 21.5. The van der Waals surface area contributed by atoms with Crippen molar-refractivity contribution >= 4 is 35.2 Å². The molecule has 2 fully saturated rings. The molecule has 3 aliphatic rings. The molecule has 0 spiro atoms. The molecular weight excluding hydrogens is 520 g/mol. The maximum atomic E-state index is 13.0. The molecule has 2 aromatic rings. The highest BCUT2D eigenvalue weighted by Crippen LogP contribution is 2.39. The lowest BCUT2D eigenvalue weighted by atomic mass is 9.74. The van der Waals surface area contributed by atoms with Crippen molar-refractivity contribution in [3.63, 3.8) is 0 Å². The molecule has 0 aliphatic carbocycles. The summed E-state index contributed by atoms with van der Waals surface area (Å²) in [5.41, 5.74) is 1.33. The van der Waals surface area contributed by atoms with E-state index in [1.165, 1.54) is 4.90 Å². The Hall–Kier alpha value is -3.90. The van der Waals surface area contributed by atoms with E-state index >= 15 is 0 Å². The highest BCUT2D eigenvalue weighted by molar-refractivity contribution is 6.31. The molecule has 5 rings (SSSR count). The lowest BCUT2D eigenvalue weighted by molar-refractivity contribution is -0.137. The first-order chi connectivity index (χ1) is 18.8. The van der Waals surface area contributed by atoms with Crippen LogP contribution >= 0.6 is 11.6 Å². The van der Waals surface area contributed by atoms with Gasteiger partial charge in [-0.2, -0.15) is 5.26 Å². The van der Waals surface area contributed by atoms with E-state index in [0.29, 0.717) is 73.7 Å². The van der Waals surface area contributed by atoms with Crippen LogP contribution in [0.4, 0.5) is 0 Å². The normalized spacial score (nSPS) is 20.3. The van der Waals surface area contributed by atoms with Gasteiger partial charge in [-0.05, 0) is 49.4 Å². The van der Waals surface area contributed by atoms with Crippen molar-refractivity contribution in [2.24, 2.45) is 0 Å². The summed E-state index contributed by atoms with van der Waals surface area (Å²) < 4.78 is 5.97. The topological polar surface area (TPSA) is 120 Å². The average Bonchev–Trinajstić information content (AvgIpc) is 3.28. The maximum Gasteiger partial charge on any atom is 0.255 e. The van der Waals surface area contributed by atoms with E-state index in [1.54, 1.807) is 29.2 Å². The van der Waals surface area contributed by atoms with Crippen molar-refractivity contribution in [1.82, 2.24) is 15.1 Å². The second kappa shape index (κ2) is 11.1. The minimum absolute atomic E-state index is 0.0156. The molecule has 3 heterocycles. The van der Waals surface area contributed by atoms with E-state index in [0.717, 1.165) is 5.56 Å². The van der Waals surface area contributed by atoms with Gasteiger partial charge in [-0.1, -0.05) is 35.9 Å². The lowest BCUT2D eigenvalue weighted by Gasteiger charge is -2.38. The van der Waals surface area contributed by atoms with E-state index in [1.807, 2.05) is 18.2 Å². The molecule has 0 aromatic heterocycles. The van der Waals surface area contributed by atoms with Crippen LogP contribution in [0.3, 0.4) is 0 Å². The van der Waals surface area contributed by atoms with Crippen LogP contribution in [-0.4, -0.2) is 59.2 Å². The van der Waals surface area contributed by atoms with Gasteiger partial charge >= 0.3 is 0 Å². The number of carbonyl (C=O) groups excluding carboxylic acids is 4. The Morgan fingerprint density at radius 3 is 2.62 bits per heavy atom. The molecule has 1 N–H and O–H groups in total. The largest absolute Gasteiger partial charge is 0.493 e. The Morgan fingerprint density at radius 1 is 1.13 bits per heavy atom. The van der Waals surface area contributed by atoms with Gasteiger partial charge in [0, 0.05) is 42.1 Å². The number of likely N-dealkylation sites (tertiary alicyclic amines) is 1. The third kappa shape index (κ3) is 5.21. The zero-order chi connectivity index (χ0) is 27.6. The number of nitriles is 1. The van der Waals surface area contributed by atoms with Crippen LogP contribution in [-0.2, 0) is 26.3 Å². The Morgan fingerprint density at radius 2 is 1.90 bits per heavy atom. The number of hydrogen-bond acceptors (Lipinski definition) is 6. The van der Waals surface area contributed by atoms with Crippen LogP contribution in [0.15, 0.2) is 42.5 Å². The van der Waals surface area contributed by atoms with E-state index in [9.17, 15) is 24.4 Å². The lowest BCUT2D eigenvalue weighted by Crippen LogP contribution is -2.52. The summed E-state index contributed by atoms with van der Waals surface area (Å²) in [5.74, 6) is -0.463. The fourth-order valence-electron chi connectivity index (χ4n) is 5.68. The van der Waals surface area contributed by atoms with Crippen LogP contribution in [0.1, 0.15) is 60.0 Å². The summed E-state index contributed by atoms with van der Waals surface area (Å²) in [6.45, 7) is 1.51. The molecule has 202 valence electrons. The Bertz CT molecular complexity index is 1360. The molecule has 0 bridgehead atoms. The minimum Gasteiger partial charge on any atom is -0.493 e. The van der Waals surface area contributed by atoms with Gasteiger partial charge in [0.15, 0.2) is 0 Å². The number of carbonyl (C=O) groups is 4. The first-order valence-electron chi connectivity index (χ1n) is 13.2. The third-order valence-electron chi connectivity index (χ3n) is 7.90. The number of piperidine rings is 2. The summed E-state index contributed by atoms with van der Waals surface area (Å²) in [6, 6.07) is 14.4. The second-order valence-corrected chi connectivity index (χ2v) is 10.6. The molecule has 0 saturated carbocycles. The van der Waals surface area contributed by atoms with E-state index in [4.69, 9.17) is 16.3 Å². The van der Waals surface area contributed by atoms with E-state index in [-0.39, 0.29) is 30.7 Å². The fourth-order valence-corrected chi connectivity index (χ4v) is 6.00. The fraction of sp³-hybridized carbons (Fsp3) is 0.414. The number of hydrogen-bond donors (Lipinski definition) is 1. The van der Waals surface area contributed by atoms with Crippen molar-refractivity contribution in [2.45, 2.75) is 56.5 Å². The molecule has 1 atom stereocenters. The molecule has 1 unspecified atom stereocenters. The van der Waals surface area contributed by atoms with Crippen LogP contribution in [0.5, 0.6) is 5.75 Å². The van der Waals surface area contributed by atoms with Crippen LogP contribution in [0.25, 0.3) is 0 Å². The van der Waals surface area contributed by atoms with Crippen molar-refractivity contribution in [2.75, 3.05) is 19.7 Å². The number of rotatable bonds is 7. The molecule has 2 aromatic carbocycles. The Kier molecular flexibility index (Phi) is 7.58. The summed E-state index contributed by atoms with van der Waals surface area (Å²) in [6.07, 6.45) is 2.36. The minimum atomic E-state index is -0.689. The van der Waals surface area contributed by atoms with Crippen molar-refractivity contribution < 1.29 is 23.9 Å². The van der Waals surface area contributed by atoms with Crippen molar-refractivity contribution in [3.05, 3.63) is 64.2 Å². The standard InChI is InChI=1S/C29H29ClN4O5/c30-22-7-2-1-6-21(22)29(18-31)12-14-33(15-13-29)26(36)9-4-16-39-24-8-3-5-19-20(24)17-34(28(19)38)23-10-11-25(35)32-27(23)37/h1-3,5-8,23H,4,9-17H2,(H,32,35,37). The number of fused-ring (bicyclic) bond motifs is 1. The predicted molar refractivity (Wildman–Crippen MR) is 142 cm³/mol. The molecule has 4 amide bonds. The molecular formula is C29H29ClN4O5. The van der Waals surface area contributed by atoms with Gasteiger partial charge in [0.1, 0.15) is 11.8 Å². The first kappa shape index (κ1) is 26.7. The number of amides is 4. The summed E-state index contributed by atoms with van der Waals surface area (Å²) >= 11 is 6.37. The number of halogens is 1. The number of nitrogens with zero attached hydrogens (tertiary/aromatic N) is 3. The molecule has 2 saturated heterocycles. The Balaban J connectivity index is 1.13. The summed E-state index contributed by atoms with van der Waals surface area (Å²) in [7, 11) is 0. The summed E-state index contributed by atoms with van der Waals surface area (Å²) in [5, 5.41) is 12.8. The highest BCUT2D eigenvalue weighted by atomic mass is 35.5. The van der Waals surface area contributed by atoms with Crippen LogP contribution < -0.4 is 10.1 Å². The number of benzene rings is 2. The van der Waals surface area contributed by atoms with Crippen molar-refractivity contribution in [3.8, 4) is 11.8 Å². The second-order valence-electron chi connectivity index (χ2n) is 10.2. The van der Waals surface area contributed by atoms with Gasteiger partial charge < -0.3 is 14.5 Å². The van der Waals surface area contributed by atoms with Gasteiger partial charge in [-0.25, -0.2) is 0 Å². The average molecular weight is 549 g/mol. The highest BCUT2D eigenvalue weighted by Gasteiger charge is 2.41. The molecule has 9 nitrogen and oxygen atoms in total. The van der Waals surface area contributed by atoms with Crippen LogP contribution in [0, 0.1) is 11.3 Å². The number of ether oxygens (including phenoxy) is 1. The number of nitrogens with one attached hydrogen (secondary N) is 1. The first-order valence-corrected chi connectivity index (χ1v) is 13.5. The summed E-state index contributed by atoms with van der Waals surface area (Å²) in [4.78, 5) is 52.9. The third-order valence-corrected chi connectivity index (χ3v) is 8.23. The predicted octanol–water partition coefficient (Wildman–Crippen LogP) is 3.34. The molecule has 10 heteroatoms. The molecule has 0 radical (unpaired) electrons. The van der Waals surface area contributed by atoms with Crippen LogP contribution in [0.2, 0.25) is 5.02 Å². The molecule has 3 aliphatic heterocycles. The monoisotopic (exact) mass is 548 g/mol. The van der Waals surface area contributed by atoms with E-state index in [2.05, 4.69) is 11.4 Å². The zero-order valence-corrected chi connectivity index (χ0v) is 22.2. The maximum absolute atomic E-state index is 13.0. The quantitative estimate of drug-likeness (QED) is 0.418. The van der Waals surface area contributed by atoms with Gasteiger partial charge in [0.2, 0.25) is 17.7 Å². The number of imide groups is 1. The van der Waals surface area contributed by atoms with Gasteiger partial charge in [-0.3, -0.25) is 24.5 Å². The SMILES string of the molecule is N#CC1(c2ccccc2Cl)CCN(C(=O)CCCOc2cccc3c2CN(C2CCC(=O)NC2=O)C3=O)CC1. The van der Waals surface area contributed by atoms with Gasteiger partial charge in [0.05, 0.1) is 24.6 Å². The van der Waals surface area contributed by atoms with Gasteiger partial charge in [-0.15, -0.1) is 0 Å². The van der Waals surface area contributed by atoms with E-state index < -0.39 is 17.4 Å².